The SMILES string of the molecule is Cc1cc(C)c(NC(=O)C2(C(N)=S)CCCC2)c(Br)c1. The minimum Gasteiger partial charge on any atom is -0.392 e. The lowest BCUT2D eigenvalue weighted by Gasteiger charge is -2.27. The monoisotopic (exact) mass is 354 g/mol. The maximum absolute atomic E-state index is 12.7. The van der Waals surface area contributed by atoms with Gasteiger partial charge in [0, 0.05) is 4.47 Å². The Balaban J connectivity index is 2.30. The fourth-order valence-corrected chi connectivity index (χ4v) is 3.94. The molecule has 0 heterocycles. The number of benzene rings is 1. The van der Waals surface area contributed by atoms with Crippen LogP contribution in [-0.4, -0.2) is 10.9 Å². The molecule has 1 amide bonds. The van der Waals surface area contributed by atoms with Gasteiger partial charge in [0.05, 0.1) is 16.1 Å². The standard InChI is InChI=1S/C15H19BrN2OS/c1-9-7-10(2)12(11(16)8-9)18-14(19)15(13(17)20)5-3-4-6-15/h7-8H,3-6H2,1-2H3,(H2,17,20)(H,18,19). The third-order valence-electron chi connectivity index (χ3n) is 4.03. The maximum Gasteiger partial charge on any atom is 0.237 e. The number of anilines is 1. The molecule has 0 bridgehead atoms. The van der Waals surface area contributed by atoms with E-state index in [4.69, 9.17) is 18.0 Å². The van der Waals surface area contributed by atoms with E-state index in [1.54, 1.807) is 0 Å². The number of nitrogens with two attached hydrogens (primary N) is 1. The van der Waals surface area contributed by atoms with Gasteiger partial charge in [-0.2, -0.15) is 0 Å². The van der Waals surface area contributed by atoms with Crippen molar-refractivity contribution in [2.24, 2.45) is 11.1 Å². The number of thiocarbonyl (C=S) groups is 1. The van der Waals surface area contributed by atoms with Crippen LogP contribution < -0.4 is 11.1 Å². The lowest BCUT2D eigenvalue weighted by molar-refractivity contribution is -0.122. The number of aryl methyl sites for hydroxylation is 2. The van der Waals surface area contributed by atoms with Crippen LogP contribution in [0.25, 0.3) is 0 Å². The zero-order valence-electron chi connectivity index (χ0n) is 11.8. The Labute approximate surface area is 133 Å². The van der Waals surface area contributed by atoms with E-state index in [1.807, 2.05) is 26.0 Å². The molecule has 1 aliphatic rings. The van der Waals surface area contributed by atoms with Crippen LogP contribution in [0.3, 0.4) is 0 Å². The van der Waals surface area contributed by atoms with Crippen molar-refractivity contribution in [3.8, 4) is 0 Å². The zero-order valence-corrected chi connectivity index (χ0v) is 14.2. The smallest absolute Gasteiger partial charge is 0.237 e. The van der Waals surface area contributed by atoms with Crippen molar-refractivity contribution in [3.63, 3.8) is 0 Å². The highest BCUT2D eigenvalue weighted by Gasteiger charge is 2.44. The van der Waals surface area contributed by atoms with Gasteiger partial charge in [-0.15, -0.1) is 0 Å². The number of hydrogen-bond acceptors (Lipinski definition) is 2. The van der Waals surface area contributed by atoms with Crippen molar-refractivity contribution in [3.05, 3.63) is 27.7 Å². The molecule has 3 nitrogen and oxygen atoms in total. The Hall–Kier alpha value is -0.940. The molecule has 20 heavy (non-hydrogen) atoms. The number of carbonyl (C=O) groups excluding carboxylic acids is 1. The molecule has 1 saturated carbocycles. The van der Waals surface area contributed by atoms with Gasteiger partial charge in [-0.1, -0.05) is 31.1 Å². The number of carbonyl (C=O) groups is 1. The molecule has 0 radical (unpaired) electrons. The molecule has 0 spiro atoms. The fraction of sp³-hybridized carbons (Fsp3) is 0.467. The van der Waals surface area contributed by atoms with E-state index in [9.17, 15) is 4.79 Å². The van der Waals surface area contributed by atoms with E-state index in [2.05, 4.69) is 21.2 Å². The highest BCUT2D eigenvalue weighted by molar-refractivity contribution is 9.10. The first-order valence-corrected chi connectivity index (χ1v) is 7.95. The summed E-state index contributed by atoms with van der Waals surface area (Å²) in [6, 6.07) is 4.03. The second-order valence-electron chi connectivity index (χ2n) is 5.55. The van der Waals surface area contributed by atoms with Gasteiger partial charge in [0.1, 0.15) is 0 Å². The first kappa shape index (κ1) is 15.4. The molecule has 2 rings (SSSR count). The van der Waals surface area contributed by atoms with E-state index in [0.29, 0.717) is 4.99 Å². The van der Waals surface area contributed by atoms with Gasteiger partial charge < -0.3 is 11.1 Å². The average Bonchev–Trinajstić information content (AvgIpc) is 2.83. The summed E-state index contributed by atoms with van der Waals surface area (Å²) in [5.41, 5.74) is 8.16. The molecule has 0 aromatic heterocycles. The minimum atomic E-state index is -0.675. The van der Waals surface area contributed by atoms with Crippen LogP contribution >= 0.6 is 28.1 Å². The molecule has 1 fully saturated rings. The first-order chi connectivity index (χ1) is 9.36. The van der Waals surface area contributed by atoms with Crippen LogP contribution in [0.2, 0.25) is 0 Å². The summed E-state index contributed by atoms with van der Waals surface area (Å²) in [6.45, 7) is 4.01. The highest BCUT2D eigenvalue weighted by Crippen LogP contribution is 2.40. The molecule has 0 unspecified atom stereocenters. The molecule has 5 heteroatoms. The molecule has 1 aromatic carbocycles. The number of rotatable bonds is 3. The Morgan fingerprint density at radius 2 is 1.95 bits per heavy atom. The van der Waals surface area contributed by atoms with E-state index >= 15 is 0 Å². The predicted molar refractivity (Wildman–Crippen MR) is 89.9 cm³/mol. The van der Waals surface area contributed by atoms with Crippen LogP contribution in [0, 0.1) is 19.3 Å². The molecular formula is C15H19BrN2OS. The van der Waals surface area contributed by atoms with Gasteiger partial charge in [0.15, 0.2) is 0 Å². The summed E-state index contributed by atoms with van der Waals surface area (Å²) in [5, 5.41) is 3.02. The Morgan fingerprint density at radius 1 is 1.35 bits per heavy atom. The summed E-state index contributed by atoms with van der Waals surface area (Å²) < 4.78 is 0.888. The van der Waals surface area contributed by atoms with Gasteiger partial charge in [0.2, 0.25) is 5.91 Å². The first-order valence-electron chi connectivity index (χ1n) is 6.75. The molecule has 108 valence electrons. The van der Waals surface area contributed by atoms with Gasteiger partial charge in [-0.25, -0.2) is 0 Å². The normalized spacial score (nSPS) is 16.9. The van der Waals surface area contributed by atoms with Crippen LogP contribution in [0.5, 0.6) is 0 Å². The van der Waals surface area contributed by atoms with Crippen LogP contribution in [0.15, 0.2) is 16.6 Å². The van der Waals surface area contributed by atoms with Crippen molar-refractivity contribution in [1.29, 1.82) is 0 Å². The predicted octanol–water partition coefficient (Wildman–Crippen LogP) is 3.85. The van der Waals surface area contributed by atoms with E-state index in [0.717, 1.165) is 47.0 Å². The van der Waals surface area contributed by atoms with Crippen molar-refractivity contribution in [2.75, 3.05) is 5.32 Å². The van der Waals surface area contributed by atoms with Gasteiger partial charge >= 0.3 is 0 Å². The fourth-order valence-electron chi connectivity index (χ4n) is 2.87. The summed E-state index contributed by atoms with van der Waals surface area (Å²) in [6.07, 6.45) is 3.49. The van der Waals surface area contributed by atoms with Crippen molar-refractivity contribution in [1.82, 2.24) is 0 Å². The van der Waals surface area contributed by atoms with E-state index < -0.39 is 5.41 Å². The average molecular weight is 355 g/mol. The Kier molecular flexibility index (Phi) is 4.49. The summed E-state index contributed by atoms with van der Waals surface area (Å²) in [4.78, 5) is 13.0. The van der Waals surface area contributed by atoms with Crippen LogP contribution in [0.4, 0.5) is 5.69 Å². The molecular weight excluding hydrogens is 336 g/mol. The molecule has 1 aliphatic carbocycles. The third-order valence-corrected chi connectivity index (χ3v) is 5.05. The number of hydrogen-bond donors (Lipinski definition) is 2. The second kappa shape index (κ2) is 5.82. The van der Waals surface area contributed by atoms with Gasteiger partial charge in [0.25, 0.3) is 0 Å². The van der Waals surface area contributed by atoms with Crippen molar-refractivity contribution < 1.29 is 4.79 Å². The lowest BCUT2D eigenvalue weighted by atomic mass is 9.85. The van der Waals surface area contributed by atoms with Crippen LogP contribution in [0.1, 0.15) is 36.8 Å². The lowest BCUT2D eigenvalue weighted by Crippen LogP contribution is -2.44. The van der Waals surface area contributed by atoms with Gasteiger partial charge in [-0.3, -0.25) is 4.79 Å². The largest absolute Gasteiger partial charge is 0.392 e. The maximum atomic E-state index is 12.7. The highest BCUT2D eigenvalue weighted by atomic mass is 79.9. The van der Waals surface area contributed by atoms with E-state index in [-0.39, 0.29) is 5.91 Å². The van der Waals surface area contributed by atoms with Crippen molar-refractivity contribution >= 4 is 44.7 Å². The summed E-state index contributed by atoms with van der Waals surface area (Å²) in [5.74, 6) is -0.0739. The van der Waals surface area contributed by atoms with Gasteiger partial charge in [-0.05, 0) is 59.8 Å². The zero-order chi connectivity index (χ0) is 14.9. The summed E-state index contributed by atoms with van der Waals surface area (Å²) >= 11 is 8.66. The molecule has 0 saturated heterocycles. The Bertz CT molecular complexity index is 542. The number of halogens is 1. The van der Waals surface area contributed by atoms with Crippen LogP contribution in [-0.2, 0) is 4.79 Å². The second-order valence-corrected chi connectivity index (χ2v) is 6.84. The van der Waals surface area contributed by atoms with E-state index in [1.165, 1.54) is 0 Å². The number of nitrogens with one attached hydrogen (secondary N) is 1. The minimum absolute atomic E-state index is 0.0739. The molecule has 3 N–H and O–H groups in total. The quantitative estimate of drug-likeness (QED) is 0.810. The Morgan fingerprint density at radius 3 is 2.45 bits per heavy atom. The molecule has 0 atom stereocenters. The molecule has 1 aromatic rings. The number of amides is 1. The van der Waals surface area contributed by atoms with Crippen molar-refractivity contribution in [2.45, 2.75) is 39.5 Å². The molecule has 0 aliphatic heterocycles. The third kappa shape index (κ3) is 2.74. The summed E-state index contributed by atoms with van der Waals surface area (Å²) in [7, 11) is 0. The topological polar surface area (TPSA) is 55.1 Å².